The number of hydrogen-bond acceptors (Lipinski definition) is 4. The van der Waals surface area contributed by atoms with Gasteiger partial charge in [0.2, 0.25) is 0 Å². The first kappa shape index (κ1) is 20.0. The number of anilines is 1. The fraction of sp³-hybridized carbons (Fsp3) is 0.294. The Morgan fingerprint density at radius 2 is 1.96 bits per heavy atom. The van der Waals surface area contributed by atoms with Crippen molar-refractivity contribution >= 4 is 35.6 Å². The molecule has 0 aliphatic heterocycles. The van der Waals surface area contributed by atoms with Crippen LogP contribution in [-0.4, -0.2) is 31.7 Å². The zero-order chi connectivity index (χ0) is 16.7. The lowest BCUT2D eigenvalue weighted by Gasteiger charge is -2.11. The average Bonchev–Trinajstić information content (AvgIpc) is 2.56. The predicted octanol–water partition coefficient (Wildman–Crippen LogP) is 2.99. The number of hydrogen-bond donors (Lipinski definition) is 2. The number of ether oxygens (including phenoxy) is 2. The molecule has 130 valence electrons. The molecule has 0 spiro atoms. The number of halogens is 1. The molecule has 2 rings (SSSR count). The number of aliphatic imine (C=N–C) groups is 1. The standard InChI is InChI=1S/C17H22N4O2.HI/c1-12-11-19-8-6-13(12)7-9-20-17(18)21-14-4-5-15(22-2)16(10-14)23-3;/h4-6,8,10-11H,7,9H2,1-3H3,(H3,18,20,21);1H. The van der Waals surface area contributed by atoms with E-state index in [1.165, 1.54) is 5.56 Å². The van der Waals surface area contributed by atoms with Crippen LogP contribution < -0.4 is 20.5 Å². The molecule has 0 radical (unpaired) electrons. The lowest BCUT2D eigenvalue weighted by molar-refractivity contribution is 0.355. The predicted molar refractivity (Wildman–Crippen MR) is 108 cm³/mol. The molecule has 2 aromatic rings. The van der Waals surface area contributed by atoms with Crippen molar-refractivity contribution in [1.82, 2.24) is 4.98 Å². The van der Waals surface area contributed by atoms with Crippen LogP contribution in [0.4, 0.5) is 5.69 Å². The van der Waals surface area contributed by atoms with Crippen LogP contribution in [0.15, 0.2) is 41.7 Å². The van der Waals surface area contributed by atoms with Gasteiger partial charge >= 0.3 is 0 Å². The fourth-order valence-electron chi connectivity index (χ4n) is 2.18. The molecule has 0 fully saturated rings. The average molecular weight is 442 g/mol. The number of rotatable bonds is 6. The topological polar surface area (TPSA) is 81.8 Å². The molecule has 1 heterocycles. The highest BCUT2D eigenvalue weighted by atomic mass is 127. The van der Waals surface area contributed by atoms with Gasteiger partial charge in [0.1, 0.15) is 0 Å². The summed E-state index contributed by atoms with van der Waals surface area (Å²) in [5.74, 6) is 1.67. The van der Waals surface area contributed by atoms with Crippen LogP contribution in [0, 0.1) is 6.92 Å². The van der Waals surface area contributed by atoms with E-state index in [1.54, 1.807) is 20.4 Å². The minimum Gasteiger partial charge on any atom is -0.493 e. The number of nitrogens with two attached hydrogens (primary N) is 1. The molecule has 24 heavy (non-hydrogen) atoms. The van der Waals surface area contributed by atoms with Gasteiger partial charge in [0.15, 0.2) is 17.5 Å². The van der Waals surface area contributed by atoms with E-state index in [4.69, 9.17) is 15.2 Å². The van der Waals surface area contributed by atoms with Gasteiger partial charge in [-0.05, 0) is 42.7 Å². The molecular weight excluding hydrogens is 419 g/mol. The number of guanidine groups is 1. The van der Waals surface area contributed by atoms with Gasteiger partial charge in [-0.2, -0.15) is 0 Å². The number of nitrogens with zero attached hydrogens (tertiary/aromatic N) is 2. The molecule has 0 bridgehead atoms. The highest BCUT2D eigenvalue weighted by Gasteiger charge is 2.05. The second-order valence-corrected chi connectivity index (χ2v) is 5.01. The number of aromatic nitrogens is 1. The summed E-state index contributed by atoms with van der Waals surface area (Å²) in [4.78, 5) is 8.42. The summed E-state index contributed by atoms with van der Waals surface area (Å²) in [5.41, 5.74) is 9.11. The van der Waals surface area contributed by atoms with Crippen molar-refractivity contribution in [2.75, 3.05) is 26.1 Å². The molecule has 1 aromatic heterocycles. The van der Waals surface area contributed by atoms with Crippen LogP contribution in [0.5, 0.6) is 11.5 Å². The van der Waals surface area contributed by atoms with Crippen molar-refractivity contribution in [2.45, 2.75) is 13.3 Å². The summed E-state index contributed by atoms with van der Waals surface area (Å²) in [7, 11) is 3.19. The van der Waals surface area contributed by atoms with Gasteiger partial charge in [-0.25, -0.2) is 0 Å². The van der Waals surface area contributed by atoms with Crippen LogP contribution in [0.3, 0.4) is 0 Å². The van der Waals surface area contributed by atoms with E-state index in [9.17, 15) is 0 Å². The monoisotopic (exact) mass is 442 g/mol. The molecule has 0 atom stereocenters. The number of aryl methyl sites for hydroxylation is 1. The van der Waals surface area contributed by atoms with Crippen molar-refractivity contribution in [3.05, 3.63) is 47.8 Å². The van der Waals surface area contributed by atoms with E-state index < -0.39 is 0 Å². The normalized spacial score (nSPS) is 10.7. The summed E-state index contributed by atoms with van der Waals surface area (Å²) in [5, 5.41) is 3.05. The van der Waals surface area contributed by atoms with E-state index in [1.807, 2.05) is 37.4 Å². The molecule has 6 nitrogen and oxygen atoms in total. The first-order valence-corrected chi connectivity index (χ1v) is 7.32. The van der Waals surface area contributed by atoms with Crippen LogP contribution in [0.25, 0.3) is 0 Å². The number of nitrogens with one attached hydrogen (secondary N) is 1. The van der Waals surface area contributed by atoms with Gasteiger partial charge in [-0.1, -0.05) is 0 Å². The third kappa shape index (κ3) is 5.55. The quantitative estimate of drug-likeness (QED) is 0.409. The first-order chi connectivity index (χ1) is 11.1. The minimum absolute atomic E-state index is 0. The van der Waals surface area contributed by atoms with E-state index in [0.29, 0.717) is 24.0 Å². The van der Waals surface area contributed by atoms with Gasteiger partial charge < -0.3 is 20.5 Å². The van der Waals surface area contributed by atoms with E-state index in [-0.39, 0.29) is 24.0 Å². The fourth-order valence-corrected chi connectivity index (χ4v) is 2.18. The summed E-state index contributed by atoms with van der Waals surface area (Å²) < 4.78 is 10.5. The van der Waals surface area contributed by atoms with Gasteiger partial charge in [0.25, 0.3) is 0 Å². The maximum Gasteiger partial charge on any atom is 0.193 e. The highest BCUT2D eigenvalue weighted by Crippen LogP contribution is 2.29. The van der Waals surface area contributed by atoms with Gasteiger partial charge in [-0.3, -0.25) is 9.98 Å². The zero-order valence-electron chi connectivity index (χ0n) is 14.1. The molecule has 0 saturated carbocycles. The Morgan fingerprint density at radius 1 is 1.21 bits per heavy atom. The van der Waals surface area contributed by atoms with Gasteiger partial charge in [0, 0.05) is 30.7 Å². The molecule has 0 saturated heterocycles. The largest absolute Gasteiger partial charge is 0.493 e. The summed E-state index contributed by atoms with van der Waals surface area (Å²) in [6.07, 6.45) is 4.46. The van der Waals surface area contributed by atoms with Crippen LogP contribution in [0.2, 0.25) is 0 Å². The molecule has 3 N–H and O–H groups in total. The Balaban J connectivity index is 0.00000288. The Hall–Kier alpha value is -2.03. The molecule has 0 unspecified atom stereocenters. The third-order valence-electron chi connectivity index (χ3n) is 3.46. The lowest BCUT2D eigenvalue weighted by Crippen LogP contribution is -2.23. The summed E-state index contributed by atoms with van der Waals surface area (Å²) >= 11 is 0. The van der Waals surface area contributed by atoms with Gasteiger partial charge in [0.05, 0.1) is 14.2 Å². The third-order valence-corrected chi connectivity index (χ3v) is 3.46. The number of benzene rings is 1. The molecule has 0 aliphatic carbocycles. The smallest absolute Gasteiger partial charge is 0.193 e. The second kappa shape index (κ2) is 9.96. The van der Waals surface area contributed by atoms with Crippen LogP contribution in [0.1, 0.15) is 11.1 Å². The molecular formula is C17H23IN4O2. The summed E-state index contributed by atoms with van der Waals surface area (Å²) in [6.45, 7) is 2.65. The maximum atomic E-state index is 5.92. The van der Waals surface area contributed by atoms with Crippen molar-refractivity contribution in [3.8, 4) is 11.5 Å². The zero-order valence-corrected chi connectivity index (χ0v) is 16.4. The number of methoxy groups -OCH3 is 2. The Morgan fingerprint density at radius 3 is 2.62 bits per heavy atom. The SMILES string of the molecule is COc1ccc(NC(N)=NCCc2ccncc2C)cc1OC.I. The van der Waals surface area contributed by atoms with Crippen molar-refractivity contribution < 1.29 is 9.47 Å². The second-order valence-electron chi connectivity index (χ2n) is 5.01. The van der Waals surface area contributed by atoms with Crippen LogP contribution >= 0.6 is 24.0 Å². The lowest BCUT2D eigenvalue weighted by atomic mass is 10.1. The van der Waals surface area contributed by atoms with Gasteiger partial charge in [-0.15, -0.1) is 24.0 Å². The van der Waals surface area contributed by atoms with E-state index in [2.05, 4.69) is 15.3 Å². The number of pyridine rings is 1. The van der Waals surface area contributed by atoms with Crippen molar-refractivity contribution in [3.63, 3.8) is 0 Å². The summed E-state index contributed by atoms with van der Waals surface area (Å²) in [6, 6.07) is 7.49. The molecule has 0 aliphatic rings. The molecule has 1 aromatic carbocycles. The van der Waals surface area contributed by atoms with Crippen LogP contribution in [-0.2, 0) is 6.42 Å². The van der Waals surface area contributed by atoms with E-state index in [0.717, 1.165) is 17.7 Å². The Labute approximate surface area is 159 Å². The highest BCUT2D eigenvalue weighted by molar-refractivity contribution is 14.0. The molecule has 0 amide bonds. The van der Waals surface area contributed by atoms with Crippen molar-refractivity contribution in [1.29, 1.82) is 0 Å². The first-order valence-electron chi connectivity index (χ1n) is 7.32. The van der Waals surface area contributed by atoms with E-state index >= 15 is 0 Å². The Kier molecular flexibility index (Phi) is 8.31. The molecule has 7 heteroatoms. The maximum absolute atomic E-state index is 5.92. The minimum atomic E-state index is 0. The van der Waals surface area contributed by atoms with Crippen molar-refractivity contribution in [2.24, 2.45) is 10.7 Å². The Bertz CT molecular complexity index is 692.